The lowest BCUT2D eigenvalue weighted by atomic mass is 9.85. The van der Waals surface area contributed by atoms with Gasteiger partial charge < -0.3 is 19.9 Å². The van der Waals surface area contributed by atoms with E-state index in [0.717, 1.165) is 64.4 Å². The van der Waals surface area contributed by atoms with Crippen LogP contribution in [0.15, 0.2) is 0 Å². The summed E-state index contributed by atoms with van der Waals surface area (Å²) in [5.41, 5.74) is -0.319. The Hall–Kier alpha value is -0.650. The Labute approximate surface area is 135 Å². The lowest BCUT2D eigenvalue weighted by Crippen LogP contribution is -2.51. The number of rotatable bonds is 7. The molecule has 22 heavy (non-hydrogen) atoms. The second-order valence-corrected chi connectivity index (χ2v) is 6.86. The van der Waals surface area contributed by atoms with Gasteiger partial charge in [-0.15, -0.1) is 0 Å². The first-order valence-electron chi connectivity index (χ1n) is 8.86. The van der Waals surface area contributed by atoms with E-state index in [1.165, 1.54) is 6.54 Å². The Balaban J connectivity index is 1.86. The topological polar surface area (TPSA) is 44.8 Å². The molecule has 2 fully saturated rings. The van der Waals surface area contributed by atoms with E-state index < -0.39 is 0 Å². The predicted octanol–water partition coefficient (Wildman–Crippen LogP) is 1.19. The number of hydrogen-bond donors (Lipinski definition) is 1. The number of carbonyl (C=O) groups excluding carboxylic acids is 1. The fourth-order valence-electron chi connectivity index (χ4n) is 3.89. The summed E-state index contributed by atoms with van der Waals surface area (Å²) in [6.07, 6.45) is 3.18. The standard InChI is InChI=1S/C17H33N3O2/c1-4-19(5-2)12-15-6-10-20(11-7-15)16(21)17(14-22-3)8-9-18-13-17/h15,18H,4-14H2,1-3H3. The quantitative estimate of drug-likeness (QED) is 0.767. The molecule has 2 aliphatic heterocycles. The van der Waals surface area contributed by atoms with Crippen LogP contribution in [0.25, 0.3) is 0 Å². The molecule has 0 saturated carbocycles. The third-order valence-corrected chi connectivity index (χ3v) is 5.43. The number of piperidine rings is 1. The van der Waals surface area contributed by atoms with E-state index in [1.54, 1.807) is 7.11 Å². The molecule has 0 spiro atoms. The van der Waals surface area contributed by atoms with Crippen molar-refractivity contribution in [3.63, 3.8) is 0 Å². The first-order chi connectivity index (χ1) is 10.6. The summed E-state index contributed by atoms with van der Waals surface area (Å²) in [6, 6.07) is 0. The Morgan fingerprint density at radius 2 is 2.00 bits per heavy atom. The molecule has 2 rings (SSSR count). The molecule has 0 aromatic heterocycles. The summed E-state index contributed by atoms with van der Waals surface area (Å²) in [7, 11) is 1.70. The highest BCUT2D eigenvalue weighted by Gasteiger charge is 2.44. The van der Waals surface area contributed by atoms with Gasteiger partial charge in [0.1, 0.15) is 0 Å². The second-order valence-electron chi connectivity index (χ2n) is 6.86. The van der Waals surface area contributed by atoms with Crippen molar-refractivity contribution in [3.8, 4) is 0 Å². The van der Waals surface area contributed by atoms with Gasteiger partial charge in [0.05, 0.1) is 12.0 Å². The van der Waals surface area contributed by atoms with E-state index in [2.05, 4.69) is 29.0 Å². The molecule has 0 bridgehead atoms. The fraction of sp³-hybridized carbons (Fsp3) is 0.941. The van der Waals surface area contributed by atoms with Crippen LogP contribution in [-0.2, 0) is 9.53 Å². The van der Waals surface area contributed by atoms with Crippen LogP contribution in [-0.4, -0.2) is 75.2 Å². The summed E-state index contributed by atoms with van der Waals surface area (Å²) >= 11 is 0. The third-order valence-electron chi connectivity index (χ3n) is 5.43. The van der Waals surface area contributed by atoms with Crippen LogP contribution >= 0.6 is 0 Å². The normalized spacial score (nSPS) is 26.8. The molecule has 0 aromatic carbocycles. The minimum atomic E-state index is -0.319. The van der Waals surface area contributed by atoms with Gasteiger partial charge in [-0.2, -0.15) is 0 Å². The maximum absolute atomic E-state index is 12.9. The number of methoxy groups -OCH3 is 1. The van der Waals surface area contributed by atoms with Crippen molar-refractivity contribution in [3.05, 3.63) is 0 Å². The summed E-state index contributed by atoms with van der Waals surface area (Å²) in [6.45, 7) is 11.9. The van der Waals surface area contributed by atoms with Gasteiger partial charge in [-0.25, -0.2) is 0 Å². The molecule has 0 aromatic rings. The van der Waals surface area contributed by atoms with Crippen LogP contribution < -0.4 is 5.32 Å². The van der Waals surface area contributed by atoms with Gasteiger partial charge in [0.25, 0.3) is 0 Å². The SMILES string of the molecule is CCN(CC)CC1CCN(C(=O)C2(COC)CCNC2)CC1. The molecule has 0 radical (unpaired) electrons. The van der Waals surface area contributed by atoms with Crippen LogP contribution in [0.3, 0.4) is 0 Å². The number of amides is 1. The maximum Gasteiger partial charge on any atom is 0.232 e. The highest BCUT2D eigenvalue weighted by atomic mass is 16.5. The lowest BCUT2D eigenvalue weighted by Gasteiger charge is -2.39. The summed E-state index contributed by atoms with van der Waals surface area (Å²) < 4.78 is 5.35. The number of nitrogens with one attached hydrogen (secondary N) is 1. The van der Waals surface area contributed by atoms with Crippen LogP contribution in [0.4, 0.5) is 0 Å². The van der Waals surface area contributed by atoms with Crippen molar-refractivity contribution in [1.82, 2.24) is 15.1 Å². The van der Waals surface area contributed by atoms with Gasteiger partial charge in [-0.05, 0) is 44.8 Å². The number of hydrogen-bond acceptors (Lipinski definition) is 4. The summed E-state index contributed by atoms with van der Waals surface area (Å²) in [4.78, 5) is 17.5. The minimum absolute atomic E-state index is 0.306. The average molecular weight is 311 g/mol. The van der Waals surface area contributed by atoms with E-state index in [1.807, 2.05) is 0 Å². The molecule has 2 heterocycles. The first kappa shape index (κ1) is 17.7. The van der Waals surface area contributed by atoms with E-state index in [9.17, 15) is 4.79 Å². The molecule has 5 nitrogen and oxygen atoms in total. The zero-order chi connectivity index (χ0) is 16.0. The van der Waals surface area contributed by atoms with Crippen molar-refractivity contribution >= 4 is 5.91 Å². The van der Waals surface area contributed by atoms with E-state index in [-0.39, 0.29) is 5.41 Å². The zero-order valence-electron chi connectivity index (χ0n) is 14.6. The summed E-state index contributed by atoms with van der Waals surface area (Å²) in [5, 5.41) is 3.33. The zero-order valence-corrected chi connectivity index (χ0v) is 14.6. The number of likely N-dealkylation sites (tertiary alicyclic amines) is 1. The van der Waals surface area contributed by atoms with Crippen LogP contribution in [0.1, 0.15) is 33.1 Å². The molecule has 2 aliphatic rings. The number of carbonyl (C=O) groups is 1. The minimum Gasteiger partial charge on any atom is -0.384 e. The maximum atomic E-state index is 12.9. The molecule has 1 atom stereocenters. The van der Waals surface area contributed by atoms with Gasteiger partial charge in [-0.3, -0.25) is 4.79 Å². The van der Waals surface area contributed by atoms with Crippen LogP contribution in [0.5, 0.6) is 0 Å². The molecule has 1 amide bonds. The molecular formula is C17H33N3O2. The smallest absolute Gasteiger partial charge is 0.232 e. The second kappa shape index (κ2) is 8.27. The number of ether oxygens (including phenoxy) is 1. The van der Waals surface area contributed by atoms with Gasteiger partial charge in [0.15, 0.2) is 0 Å². The highest BCUT2D eigenvalue weighted by Crippen LogP contribution is 2.30. The van der Waals surface area contributed by atoms with E-state index in [4.69, 9.17) is 4.74 Å². The van der Waals surface area contributed by atoms with Crippen LogP contribution in [0, 0.1) is 11.3 Å². The Kier molecular flexibility index (Phi) is 6.66. The molecule has 5 heteroatoms. The molecule has 1 unspecified atom stereocenters. The van der Waals surface area contributed by atoms with Gasteiger partial charge in [0.2, 0.25) is 5.91 Å². The summed E-state index contributed by atoms with van der Waals surface area (Å²) in [5.74, 6) is 1.05. The van der Waals surface area contributed by atoms with Crippen LogP contribution in [0.2, 0.25) is 0 Å². The monoisotopic (exact) mass is 311 g/mol. The van der Waals surface area contributed by atoms with Crippen molar-refractivity contribution in [2.24, 2.45) is 11.3 Å². The van der Waals surface area contributed by atoms with Crippen molar-refractivity contribution < 1.29 is 9.53 Å². The molecule has 1 N–H and O–H groups in total. The Morgan fingerprint density at radius 3 is 2.50 bits per heavy atom. The van der Waals surface area contributed by atoms with Gasteiger partial charge in [0, 0.05) is 33.3 Å². The van der Waals surface area contributed by atoms with Gasteiger partial charge >= 0.3 is 0 Å². The average Bonchev–Trinajstić information content (AvgIpc) is 3.02. The van der Waals surface area contributed by atoms with E-state index >= 15 is 0 Å². The fourth-order valence-corrected chi connectivity index (χ4v) is 3.89. The van der Waals surface area contributed by atoms with E-state index in [0.29, 0.717) is 12.5 Å². The highest BCUT2D eigenvalue weighted by molar-refractivity contribution is 5.83. The van der Waals surface area contributed by atoms with Crippen molar-refractivity contribution in [2.75, 3.05) is 59.5 Å². The predicted molar refractivity (Wildman–Crippen MR) is 88.9 cm³/mol. The third kappa shape index (κ3) is 4.00. The largest absolute Gasteiger partial charge is 0.384 e. The Morgan fingerprint density at radius 1 is 1.32 bits per heavy atom. The Bertz CT molecular complexity index is 344. The van der Waals surface area contributed by atoms with Gasteiger partial charge in [-0.1, -0.05) is 13.8 Å². The molecule has 128 valence electrons. The van der Waals surface area contributed by atoms with Crippen molar-refractivity contribution in [1.29, 1.82) is 0 Å². The first-order valence-corrected chi connectivity index (χ1v) is 8.86. The molecular weight excluding hydrogens is 278 g/mol. The lowest BCUT2D eigenvalue weighted by molar-refractivity contribution is -0.145. The van der Waals surface area contributed by atoms with Crippen molar-refractivity contribution in [2.45, 2.75) is 33.1 Å². The molecule has 0 aliphatic carbocycles. The number of nitrogens with zero attached hydrogens (tertiary/aromatic N) is 2. The molecule has 2 saturated heterocycles.